The van der Waals surface area contributed by atoms with Gasteiger partial charge in [0.25, 0.3) is 5.56 Å². The number of nitriles is 1. The molecule has 200 valence electrons. The van der Waals surface area contributed by atoms with Crippen molar-refractivity contribution in [1.82, 2.24) is 19.4 Å². The lowest BCUT2D eigenvalue weighted by Crippen LogP contribution is -2.44. The normalized spacial score (nSPS) is 16.9. The number of hydrogen-bond donors (Lipinski definition) is 3. The van der Waals surface area contributed by atoms with E-state index >= 15 is 0 Å². The molecule has 3 N–H and O–H groups in total. The van der Waals surface area contributed by atoms with Gasteiger partial charge in [0.2, 0.25) is 5.95 Å². The molecule has 1 unspecified atom stereocenters. The highest BCUT2D eigenvalue weighted by molar-refractivity contribution is 5.77. The molecular formula is C27H33N7O4. The first-order valence-corrected chi connectivity index (χ1v) is 12.8. The Balaban J connectivity index is 0.000000505. The lowest BCUT2D eigenvalue weighted by molar-refractivity contribution is -0.145. The van der Waals surface area contributed by atoms with E-state index in [1.54, 1.807) is 16.8 Å². The summed E-state index contributed by atoms with van der Waals surface area (Å²) in [5.74, 6) is -0.740. The van der Waals surface area contributed by atoms with Crippen LogP contribution in [0.5, 0.6) is 0 Å². The summed E-state index contributed by atoms with van der Waals surface area (Å²) in [6, 6.07) is 12.0. The minimum atomic E-state index is -1.23. The lowest BCUT2D eigenvalue weighted by Gasteiger charge is -2.34. The Labute approximate surface area is 221 Å². The van der Waals surface area contributed by atoms with E-state index in [9.17, 15) is 14.9 Å². The summed E-state index contributed by atoms with van der Waals surface area (Å²) >= 11 is 0. The molecular weight excluding hydrogens is 486 g/mol. The van der Waals surface area contributed by atoms with Crippen molar-refractivity contribution in [3.63, 3.8) is 0 Å². The van der Waals surface area contributed by atoms with Gasteiger partial charge in [-0.05, 0) is 57.1 Å². The van der Waals surface area contributed by atoms with E-state index in [2.05, 4.69) is 44.3 Å². The van der Waals surface area contributed by atoms with Gasteiger partial charge in [-0.1, -0.05) is 12.8 Å². The average Bonchev–Trinajstić information content (AvgIpc) is 3.44. The number of aromatic nitrogens is 3. The van der Waals surface area contributed by atoms with Crippen molar-refractivity contribution in [2.24, 2.45) is 0 Å². The van der Waals surface area contributed by atoms with Gasteiger partial charge in [-0.3, -0.25) is 9.36 Å². The number of hydrogen-bond acceptors (Lipinski definition) is 9. The highest BCUT2D eigenvalue weighted by atomic mass is 16.4. The molecule has 0 amide bonds. The van der Waals surface area contributed by atoms with Crippen LogP contribution < -0.4 is 15.8 Å². The third kappa shape index (κ3) is 6.27. The molecule has 1 saturated carbocycles. The summed E-state index contributed by atoms with van der Waals surface area (Å²) in [7, 11) is 2.15. The highest BCUT2D eigenvalue weighted by Crippen LogP contribution is 2.31. The maximum atomic E-state index is 12.9. The zero-order chi connectivity index (χ0) is 27.2. The fourth-order valence-corrected chi connectivity index (χ4v) is 4.71. The number of rotatable bonds is 5. The summed E-state index contributed by atoms with van der Waals surface area (Å²) < 4.78 is 1.71. The van der Waals surface area contributed by atoms with Gasteiger partial charge < -0.3 is 25.3 Å². The molecule has 2 fully saturated rings. The zero-order valence-electron chi connectivity index (χ0n) is 21.7. The number of nitrogens with one attached hydrogen (secondary N) is 1. The fourth-order valence-electron chi connectivity index (χ4n) is 4.71. The molecule has 0 bridgehead atoms. The molecule has 38 heavy (non-hydrogen) atoms. The Hall–Kier alpha value is -4.01. The quantitative estimate of drug-likeness (QED) is 0.459. The van der Waals surface area contributed by atoms with E-state index in [-0.39, 0.29) is 17.2 Å². The number of anilines is 3. The number of carboxylic acids is 1. The standard InChI is InChI=1S/C24H27N7O.C3H6O3/c1-29-10-12-30(13-11-29)20-8-6-19(7-9-20)27-24-26-16-18-14-17(15-25)23(32)31(22(18)28-24)21-4-2-3-5-21;1-2(4)3(5)6/h6-9,14,16,21H,2-5,10-13H2,1H3,(H,26,27,28);2,4H,1H3,(H,5,6). The van der Waals surface area contributed by atoms with Gasteiger partial charge in [-0.2, -0.15) is 10.2 Å². The zero-order valence-corrected chi connectivity index (χ0v) is 21.7. The van der Waals surface area contributed by atoms with Crippen LogP contribution in [0.25, 0.3) is 11.0 Å². The third-order valence-corrected chi connectivity index (χ3v) is 6.93. The first-order valence-electron chi connectivity index (χ1n) is 12.8. The van der Waals surface area contributed by atoms with E-state index in [4.69, 9.17) is 10.2 Å². The number of likely N-dealkylation sites (N-methyl/N-ethyl adjacent to an activating group) is 1. The van der Waals surface area contributed by atoms with Crippen LogP contribution in [0, 0.1) is 11.3 Å². The van der Waals surface area contributed by atoms with Crippen molar-refractivity contribution < 1.29 is 15.0 Å². The molecule has 5 rings (SSSR count). The third-order valence-electron chi connectivity index (χ3n) is 6.93. The topological polar surface area (TPSA) is 148 Å². The van der Waals surface area contributed by atoms with Crippen LogP contribution in [-0.4, -0.2) is 74.9 Å². The van der Waals surface area contributed by atoms with Gasteiger partial charge in [0, 0.05) is 55.2 Å². The lowest BCUT2D eigenvalue weighted by atomic mass is 10.2. The number of aliphatic carboxylic acids is 1. The number of fused-ring (bicyclic) bond motifs is 1. The fraction of sp³-hybridized carbons (Fsp3) is 0.444. The van der Waals surface area contributed by atoms with Gasteiger partial charge in [0.05, 0.1) is 0 Å². The van der Waals surface area contributed by atoms with Crippen LogP contribution in [0.1, 0.15) is 44.2 Å². The maximum absolute atomic E-state index is 12.9. The van der Waals surface area contributed by atoms with Gasteiger partial charge in [-0.15, -0.1) is 0 Å². The predicted octanol–water partition coefficient (Wildman–Crippen LogP) is 2.73. The number of carboxylic acid groups (broad SMARTS) is 1. The van der Waals surface area contributed by atoms with Crippen LogP contribution in [0.2, 0.25) is 0 Å². The molecule has 1 aliphatic carbocycles. The molecule has 1 atom stereocenters. The van der Waals surface area contributed by atoms with Crippen LogP contribution >= 0.6 is 0 Å². The molecule has 3 heterocycles. The summed E-state index contributed by atoms with van der Waals surface area (Å²) in [5, 5.41) is 29.2. The van der Waals surface area contributed by atoms with Crippen LogP contribution in [0.15, 0.2) is 41.3 Å². The van der Waals surface area contributed by atoms with Gasteiger partial charge in [0.1, 0.15) is 23.4 Å². The number of piperazine rings is 1. The summed E-state index contributed by atoms with van der Waals surface area (Å²) in [6.07, 6.45) is 4.50. The van der Waals surface area contributed by atoms with E-state index in [1.165, 1.54) is 12.6 Å². The Morgan fingerprint density at radius 1 is 1.16 bits per heavy atom. The number of carbonyl (C=O) groups is 1. The van der Waals surface area contributed by atoms with Crippen LogP contribution in [0.4, 0.5) is 17.3 Å². The number of pyridine rings is 1. The van der Waals surface area contributed by atoms with Crippen molar-refractivity contribution in [2.75, 3.05) is 43.4 Å². The van der Waals surface area contributed by atoms with E-state index in [0.717, 1.165) is 57.5 Å². The molecule has 1 saturated heterocycles. The van der Waals surface area contributed by atoms with Crippen molar-refractivity contribution in [3.05, 3.63) is 52.4 Å². The minimum Gasteiger partial charge on any atom is -0.479 e. The molecule has 1 aliphatic heterocycles. The second-order valence-corrected chi connectivity index (χ2v) is 9.73. The Morgan fingerprint density at radius 3 is 2.37 bits per heavy atom. The summed E-state index contributed by atoms with van der Waals surface area (Å²) in [5.41, 5.74) is 2.58. The molecule has 2 aliphatic rings. The first kappa shape index (κ1) is 27.0. The second kappa shape index (κ2) is 12.0. The van der Waals surface area contributed by atoms with Gasteiger partial charge >= 0.3 is 5.97 Å². The van der Waals surface area contributed by atoms with E-state index in [0.29, 0.717) is 17.0 Å². The number of aliphatic hydroxyl groups is 1. The van der Waals surface area contributed by atoms with Gasteiger partial charge in [0.15, 0.2) is 0 Å². The number of benzene rings is 1. The summed E-state index contributed by atoms with van der Waals surface area (Å²) in [6.45, 7) is 5.39. The first-order chi connectivity index (χ1) is 18.3. The molecule has 3 aromatic rings. The van der Waals surface area contributed by atoms with Crippen molar-refractivity contribution in [3.8, 4) is 6.07 Å². The molecule has 0 radical (unpaired) electrons. The van der Waals surface area contributed by atoms with Crippen LogP contribution in [0.3, 0.4) is 0 Å². The monoisotopic (exact) mass is 519 g/mol. The van der Waals surface area contributed by atoms with E-state index < -0.39 is 12.1 Å². The average molecular weight is 520 g/mol. The number of aliphatic hydroxyl groups excluding tert-OH is 1. The molecule has 11 heteroatoms. The predicted molar refractivity (Wildman–Crippen MR) is 145 cm³/mol. The molecule has 2 aromatic heterocycles. The Morgan fingerprint density at radius 2 is 1.79 bits per heavy atom. The minimum absolute atomic E-state index is 0.0870. The van der Waals surface area contributed by atoms with E-state index in [1.807, 2.05) is 18.2 Å². The summed E-state index contributed by atoms with van der Waals surface area (Å²) in [4.78, 5) is 36.2. The van der Waals surface area contributed by atoms with Crippen LogP contribution in [-0.2, 0) is 4.79 Å². The van der Waals surface area contributed by atoms with Crippen molar-refractivity contribution in [1.29, 1.82) is 5.26 Å². The number of nitrogens with zero attached hydrogens (tertiary/aromatic N) is 6. The largest absolute Gasteiger partial charge is 0.479 e. The van der Waals surface area contributed by atoms with Gasteiger partial charge in [-0.25, -0.2) is 9.78 Å². The molecule has 0 spiro atoms. The second-order valence-electron chi connectivity index (χ2n) is 9.73. The molecule has 11 nitrogen and oxygen atoms in total. The smallest absolute Gasteiger partial charge is 0.332 e. The maximum Gasteiger partial charge on any atom is 0.332 e. The van der Waals surface area contributed by atoms with Crippen molar-refractivity contribution >= 4 is 34.3 Å². The Bertz CT molecular complexity index is 1370. The Kier molecular flexibility index (Phi) is 8.55. The SMILES string of the molecule is CC(O)C(=O)O.CN1CCN(c2ccc(Nc3ncc4cc(C#N)c(=O)n(C5CCCC5)c4n3)cc2)CC1. The van der Waals surface area contributed by atoms with Crippen molar-refractivity contribution in [2.45, 2.75) is 44.8 Å². The molecule has 1 aromatic carbocycles. The highest BCUT2D eigenvalue weighted by Gasteiger charge is 2.23.